The predicted octanol–water partition coefficient (Wildman–Crippen LogP) is 2.49. The maximum absolute atomic E-state index is 14.1. The number of hydrogen-bond donors (Lipinski definition) is 1. The Kier molecular flexibility index (Phi) is 5.37. The SMILES string of the molecule is C=CCOCc1ccc(-c2n[nH]nc2C(=O)OCC)cc1F. The molecule has 1 aromatic heterocycles. The Morgan fingerprint density at radius 3 is 2.95 bits per heavy atom. The zero-order valence-corrected chi connectivity index (χ0v) is 12.1. The van der Waals surface area contributed by atoms with Crippen molar-refractivity contribution in [3.8, 4) is 11.3 Å². The number of nitrogens with one attached hydrogen (secondary N) is 1. The number of hydrogen-bond acceptors (Lipinski definition) is 5. The molecule has 2 aromatic rings. The Balaban J connectivity index is 2.23. The molecule has 0 aliphatic heterocycles. The van der Waals surface area contributed by atoms with Gasteiger partial charge in [-0.2, -0.15) is 10.3 Å². The highest BCUT2D eigenvalue weighted by molar-refractivity contribution is 5.93. The second-order valence-corrected chi connectivity index (χ2v) is 4.35. The predicted molar refractivity (Wildman–Crippen MR) is 77.6 cm³/mol. The number of carbonyl (C=O) groups is 1. The summed E-state index contributed by atoms with van der Waals surface area (Å²) in [6.07, 6.45) is 1.59. The minimum atomic E-state index is -0.606. The van der Waals surface area contributed by atoms with E-state index in [1.165, 1.54) is 6.07 Å². The van der Waals surface area contributed by atoms with Crippen LogP contribution >= 0.6 is 0 Å². The number of rotatable bonds is 7. The van der Waals surface area contributed by atoms with E-state index in [1.54, 1.807) is 25.1 Å². The van der Waals surface area contributed by atoms with E-state index < -0.39 is 11.8 Å². The molecule has 116 valence electrons. The van der Waals surface area contributed by atoms with Gasteiger partial charge in [-0.05, 0) is 13.0 Å². The molecule has 2 rings (SSSR count). The van der Waals surface area contributed by atoms with Gasteiger partial charge in [0.15, 0.2) is 5.69 Å². The van der Waals surface area contributed by atoms with Crippen LogP contribution in [0.15, 0.2) is 30.9 Å². The number of nitrogens with zero attached hydrogens (tertiary/aromatic N) is 2. The molecule has 1 heterocycles. The molecule has 0 amide bonds. The molecular weight excluding hydrogens is 289 g/mol. The number of ether oxygens (including phenoxy) is 2. The van der Waals surface area contributed by atoms with Gasteiger partial charge in [0.2, 0.25) is 0 Å². The number of benzene rings is 1. The molecule has 1 N–H and O–H groups in total. The van der Waals surface area contributed by atoms with Gasteiger partial charge in [0, 0.05) is 11.1 Å². The van der Waals surface area contributed by atoms with E-state index in [-0.39, 0.29) is 24.6 Å². The number of esters is 1. The summed E-state index contributed by atoms with van der Waals surface area (Å²) in [6, 6.07) is 4.51. The highest BCUT2D eigenvalue weighted by Gasteiger charge is 2.19. The Labute approximate surface area is 126 Å². The van der Waals surface area contributed by atoms with E-state index in [2.05, 4.69) is 22.0 Å². The van der Waals surface area contributed by atoms with Crippen LogP contribution in [0.5, 0.6) is 0 Å². The summed E-state index contributed by atoms with van der Waals surface area (Å²) >= 11 is 0. The van der Waals surface area contributed by atoms with E-state index >= 15 is 0 Å². The van der Waals surface area contributed by atoms with Crippen molar-refractivity contribution in [3.63, 3.8) is 0 Å². The summed E-state index contributed by atoms with van der Waals surface area (Å²) in [6.45, 7) is 5.92. The summed E-state index contributed by atoms with van der Waals surface area (Å²) in [5, 5.41) is 10.00. The van der Waals surface area contributed by atoms with Crippen LogP contribution in [0.25, 0.3) is 11.3 Å². The summed E-state index contributed by atoms with van der Waals surface area (Å²) in [5.41, 5.74) is 1.11. The van der Waals surface area contributed by atoms with Crippen molar-refractivity contribution in [3.05, 3.63) is 47.9 Å². The third-order valence-corrected chi connectivity index (χ3v) is 2.84. The molecule has 0 spiro atoms. The van der Waals surface area contributed by atoms with Crippen molar-refractivity contribution in [2.45, 2.75) is 13.5 Å². The van der Waals surface area contributed by atoms with Gasteiger partial charge in [0.1, 0.15) is 11.5 Å². The summed E-state index contributed by atoms with van der Waals surface area (Å²) in [4.78, 5) is 11.8. The van der Waals surface area contributed by atoms with Crippen LogP contribution in [0.2, 0.25) is 0 Å². The van der Waals surface area contributed by atoms with Crippen molar-refractivity contribution in [2.24, 2.45) is 0 Å². The van der Waals surface area contributed by atoms with E-state index in [0.717, 1.165) is 0 Å². The van der Waals surface area contributed by atoms with Crippen molar-refractivity contribution in [2.75, 3.05) is 13.2 Å². The van der Waals surface area contributed by atoms with Gasteiger partial charge >= 0.3 is 5.97 Å². The maximum atomic E-state index is 14.1. The van der Waals surface area contributed by atoms with Gasteiger partial charge in [0.25, 0.3) is 0 Å². The first-order valence-corrected chi connectivity index (χ1v) is 6.72. The lowest BCUT2D eigenvalue weighted by molar-refractivity contribution is 0.0520. The van der Waals surface area contributed by atoms with Gasteiger partial charge in [-0.15, -0.1) is 11.7 Å². The molecule has 1 aromatic carbocycles. The molecule has 0 atom stereocenters. The van der Waals surface area contributed by atoms with Crippen LogP contribution < -0.4 is 0 Å². The van der Waals surface area contributed by atoms with Crippen LogP contribution in [-0.2, 0) is 16.1 Å². The second-order valence-electron chi connectivity index (χ2n) is 4.35. The fourth-order valence-electron chi connectivity index (χ4n) is 1.84. The fraction of sp³-hybridized carbons (Fsp3) is 0.267. The fourth-order valence-corrected chi connectivity index (χ4v) is 1.84. The molecule has 22 heavy (non-hydrogen) atoms. The number of aromatic amines is 1. The third kappa shape index (κ3) is 3.56. The topological polar surface area (TPSA) is 77.1 Å². The van der Waals surface area contributed by atoms with Gasteiger partial charge in [-0.3, -0.25) is 0 Å². The van der Waals surface area contributed by atoms with Crippen LogP contribution in [0.3, 0.4) is 0 Å². The molecule has 0 saturated heterocycles. The number of carbonyl (C=O) groups excluding carboxylic acids is 1. The quantitative estimate of drug-likeness (QED) is 0.483. The Morgan fingerprint density at radius 2 is 2.27 bits per heavy atom. The highest BCUT2D eigenvalue weighted by atomic mass is 19.1. The Hall–Kier alpha value is -2.54. The van der Waals surface area contributed by atoms with Gasteiger partial charge in [-0.1, -0.05) is 18.2 Å². The monoisotopic (exact) mass is 305 g/mol. The number of H-pyrrole nitrogens is 1. The lowest BCUT2D eigenvalue weighted by atomic mass is 10.1. The smallest absolute Gasteiger partial charge is 0.361 e. The molecule has 7 heteroatoms. The second kappa shape index (κ2) is 7.46. The Morgan fingerprint density at radius 1 is 1.45 bits per heavy atom. The van der Waals surface area contributed by atoms with E-state index in [4.69, 9.17) is 9.47 Å². The standard InChI is InChI=1S/C15H16FN3O3/c1-3-7-21-9-11-6-5-10(8-12(11)16)13-14(18-19-17-13)15(20)22-4-2/h3,5-6,8H,1,4,7,9H2,2H3,(H,17,18,19). The normalized spacial score (nSPS) is 10.5. The molecule has 0 radical (unpaired) electrons. The van der Waals surface area contributed by atoms with Crippen molar-refractivity contribution in [1.82, 2.24) is 15.4 Å². The minimum Gasteiger partial charge on any atom is -0.461 e. The number of aromatic nitrogens is 3. The van der Waals surface area contributed by atoms with Crippen molar-refractivity contribution < 1.29 is 18.7 Å². The molecule has 0 unspecified atom stereocenters. The Bertz CT molecular complexity index is 670. The van der Waals surface area contributed by atoms with E-state index in [0.29, 0.717) is 17.7 Å². The molecule has 0 aliphatic rings. The number of halogens is 1. The third-order valence-electron chi connectivity index (χ3n) is 2.84. The largest absolute Gasteiger partial charge is 0.461 e. The van der Waals surface area contributed by atoms with Crippen molar-refractivity contribution >= 4 is 5.97 Å². The van der Waals surface area contributed by atoms with Crippen molar-refractivity contribution in [1.29, 1.82) is 0 Å². The summed E-state index contributed by atoms with van der Waals surface area (Å²) in [7, 11) is 0. The summed E-state index contributed by atoms with van der Waals surface area (Å²) in [5.74, 6) is -1.05. The average Bonchev–Trinajstić information content (AvgIpc) is 2.99. The van der Waals surface area contributed by atoms with Gasteiger partial charge < -0.3 is 9.47 Å². The first-order chi connectivity index (χ1) is 10.7. The van der Waals surface area contributed by atoms with E-state index in [9.17, 15) is 9.18 Å². The molecule has 6 nitrogen and oxygen atoms in total. The van der Waals surface area contributed by atoms with Gasteiger partial charge in [0.05, 0.1) is 19.8 Å². The zero-order chi connectivity index (χ0) is 15.9. The van der Waals surface area contributed by atoms with E-state index in [1.807, 2.05) is 0 Å². The van der Waals surface area contributed by atoms with Crippen LogP contribution in [-0.4, -0.2) is 34.6 Å². The lowest BCUT2D eigenvalue weighted by Crippen LogP contribution is -2.07. The lowest BCUT2D eigenvalue weighted by Gasteiger charge is -2.06. The first-order valence-electron chi connectivity index (χ1n) is 6.72. The van der Waals surface area contributed by atoms with Gasteiger partial charge in [-0.25, -0.2) is 9.18 Å². The molecular formula is C15H16FN3O3. The zero-order valence-electron chi connectivity index (χ0n) is 12.1. The van der Waals surface area contributed by atoms with Crippen LogP contribution in [0.1, 0.15) is 23.0 Å². The first kappa shape index (κ1) is 15.8. The highest BCUT2D eigenvalue weighted by Crippen LogP contribution is 2.23. The molecule has 0 bridgehead atoms. The summed E-state index contributed by atoms with van der Waals surface area (Å²) < 4.78 is 24.2. The van der Waals surface area contributed by atoms with Crippen LogP contribution in [0, 0.1) is 5.82 Å². The molecule has 0 fully saturated rings. The maximum Gasteiger partial charge on any atom is 0.361 e. The average molecular weight is 305 g/mol. The molecule has 0 aliphatic carbocycles. The molecule has 0 saturated carbocycles. The van der Waals surface area contributed by atoms with Crippen LogP contribution in [0.4, 0.5) is 4.39 Å². The minimum absolute atomic E-state index is 0.0249.